The minimum atomic E-state index is -5.80. The Morgan fingerprint density at radius 3 is 2.41 bits per heavy atom. The number of hydrogen-bond donors (Lipinski definition) is 3. The molecule has 3 aliphatic rings. The van der Waals surface area contributed by atoms with Crippen molar-refractivity contribution in [2.45, 2.75) is 69.2 Å². The summed E-state index contributed by atoms with van der Waals surface area (Å²) >= 11 is 0.969. The molecule has 3 aromatic rings. The molecule has 0 radical (unpaired) electrons. The van der Waals surface area contributed by atoms with Gasteiger partial charge in [-0.2, -0.15) is 8.78 Å². The van der Waals surface area contributed by atoms with Gasteiger partial charge in [-0.15, -0.1) is 11.3 Å². The van der Waals surface area contributed by atoms with Crippen LogP contribution < -0.4 is 5.32 Å². The molecule has 0 bridgehead atoms. The second kappa shape index (κ2) is 13.9. The maximum atomic E-state index is 14.4. The van der Waals surface area contributed by atoms with Gasteiger partial charge in [0.1, 0.15) is 12.1 Å². The lowest BCUT2D eigenvalue weighted by atomic mass is 9.98. The first kappa shape index (κ1) is 35.1. The van der Waals surface area contributed by atoms with Gasteiger partial charge in [-0.05, 0) is 67.7 Å². The number of hydrogen-bond acceptors (Lipinski definition) is 6. The lowest BCUT2D eigenvalue weighted by molar-refractivity contribution is -0.149. The first-order valence-corrected chi connectivity index (χ1v) is 18.9. The molecule has 2 aromatic carbocycles. The Morgan fingerprint density at radius 1 is 1.00 bits per heavy atom. The number of alkyl halides is 2. The minimum absolute atomic E-state index is 0.0829. The van der Waals surface area contributed by atoms with Crippen LogP contribution >= 0.6 is 18.9 Å². The van der Waals surface area contributed by atoms with Crippen molar-refractivity contribution in [1.29, 1.82) is 0 Å². The zero-order valence-corrected chi connectivity index (χ0v) is 28.7. The number of nitrogens with one attached hydrogen (secondary N) is 1. The molecule has 6 rings (SSSR count). The third-order valence-electron chi connectivity index (χ3n) is 9.77. The second-order valence-electron chi connectivity index (χ2n) is 13.2. The molecule has 1 aromatic heterocycles. The van der Waals surface area contributed by atoms with E-state index >= 15 is 0 Å². The summed E-state index contributed by atoms with van der Waals surface area (Å²) in [5.74, 6) is -1.79. The minimum Gasteiger partial charge on any atom is -0.341 e. The molecule has 0 spiro atoms. The molecule has 4 atom stereocenters. The summed E-state index contributed by atoms with van der Waals surface area (Å²) in [4.78, 5) is 78.9. The fourth-order valence-corrected chi connectivity index (χ4v) is 8.60. The van der Waals surface area contributed by atoms with E-state index in [-0.39, 0.29) is 34.7 Å². The Labute approximate surface area is 286 Å². The van der Waals surface area contributed by atoms with Gasteiger partial charge in [0, 0.05) is 48.4 Å². The van der Waals surface area contributed by atoms with Crippen LogP contribution in [0.25, 0.3) is 10.1 Å². The molecule has 0 aliphatic carbocycles. The molecule has 4 amide bonds. The molecule has 3 aliphatic heterocycles. The largest absolute Gasteiger partial charge is 0.399 e. The van der Waals surface area contributed by atoms with Gasteiger partial charge >= 0.3 is 13.3 Å². The number of halogens is 2. The van der Waals surface area contributed by atoms with E-state index in [0.29, 0.717) is 50.0 Å². The predicted octanol–water partition coefficient (Wildman–Crippen LogP) is 4.32. The Morgan fingerprint density at radius 2 is 1.71 bits per heavy atom. The van der Waals surface area contributed by atoms with Crippen molar-refractivity contribution < 1.29 is 42.3 Å². The highest BCUT2D eigenvalue weighted by Gasteiger charge is 2.50. The van der Waals surface area contributed by atoms with E-state index in [0.717, 1.165) is 41.9 Å². The maximum absolute atomic E-state index is 14.4. The molecule has 3 N–H and O–H groups in total. The van der Waals surface area contributed by atoms with E-state index in [4.69, 9.17) is 0 Å². The first-order chi connectivity index (χ1) is 23.2. The number of fused-ring (bicyclic) bond motifs is 2. The van der Waals surface area contributed by atoms with Crippen molar-refractivity contribution in [1.82, 2.24) is 20.0 Å². The summed E-state index contributed by atoms with van der Waals surface area (Å²) in [5, 5.41) is 2.96. The van der Waals surface area contributed by atoms with Crippen molar-refractivity contribution in [3.63, 3.8) is 0 Å². The first-order valence-electron chi connectivity index (χ1n) is 16.5. The van der Waals surface area contributed by atoms with Crippen molar-refractivity contribution in [2.75, 3.05) is 26.2 Å². The number of rotatable bonds is 8. The number of thiophene rings is 1. The van der Waals surface area contributed by atoms with Gasteiger partial charge in [0.2, 0.25) is 17.7 Å². The summed E-state index contributed by atoms with van der Waals surface area (Å²) < 4.78 is 40.7. The highest BCUT2D eigenvalue weighted by Crippen LogP contribution is 2.59. The molecule has 0 saturated carbocycles. The van der Waals surface area contributed by atoms with E-state index in [1.807, 2.05) is 37.3 Å². The molecule has 4 heterocycles. The Bertz CT molecular complexity index is 1800. The molecule has 3 fully saturated rings. The third-order valence-corrected chi connectivity index (χ3v) is 11.9. The fraction of sp³-hybridized carbons (Fsp3) is 0.471. The number of likely N-dealkylation sites (tertiary alicyclic amines) is 1. The Kier molecular flexibility index (Phi) is 9.96. The van der Waals surface area contributed by atoms with Crippen molar-refractivity contribution in [3.05, 3.63) is 70.6 Å². The molecule has 262 valence electrons. The van der Waals surface area contributed by atoms with E-state index < -0.39 is 48.6 Å². The van der Waals surface area contributed by atoms with E-state index in [2.05, 4.69) is 5.32 Å². The predicted molar refractivity (Wildman–Crippen MR) is 179 cm³/mol. The van der Waals surface area contributed by atoms with Gasteiger partial charge in [-0.1, -0.05) is 43.3 Å². The van der Waals surface area contributed by atoms with Crippen LogP contribution in [0.1, 0.15) is 59.8 Å². The van der Waals surface area contributed by atoms with E-state index in [1.165, 1.54) is 12.1 Å². The van der Waals surface area contributed by atoms with Crippen molar-refractivity contribution >= 4 is 52.6 Å². The molecule has 3 saturated heterocycles. The van der Waals surface area contributed by atoms with Crippen LogP contribution in [0.15, 0.2) is 54.6 Å². The van der Waals surface area contributed by atoms with Gasteiger partial charge in [0.15, 0.2) is 0 Å². The fourth-order valence-electron chi connectivity index (χ4n) is 7.18. The van der Waals surface area contributed by atoms with Crippen molar-refractivity contribution in [3.8, 4) is 0 Å². The molecular formula is C34H39F2N4O7PS. The summed E-state index contributed by atoms with van der Waals surface area (Å²) in [6.07, 6.45) is 3.88. The van der Waals surface area contributed by atoms with E-state index in [1.54, 1.807) is 14.7 Å². The van der Waals surface area contributed by atoms with Crippen LogP contribution in [0.4, 0.5) is 8.78 Å². The molecule has 15 heteroatoms. The highest BCUT2D eigenvalue weighted by atomic mass is 32.1. The molecule has 0 unspecified atom stereocenters. The smallest absolute Gasteiger partial charge is 0.341 e. The van der Waals surface area contributed by atoms with Gasteiger partial charge < -0.3 is 29.8 Å². The summed E-state index contributed by atoms with van der Waals surface area (Å²) in [7, 11) is -5.80. The van der Waals surface area contributed by atoms with Crippen LogP contribution in [-0.2, 0) is 31.0 Å². The Hall–Kier alpha value is -3.71. The summed E-state index contributed by atoms with van der Waals surface area (Å²) in [5.41, 5.74) is -4.31. The topological polar surface area (TPSA) is 148 Å². The highest BCUT2D eigenvalue weighted by molar-refractivity contribution is 7.52. The van der Waals surface area contributed by atoms with Crippen LogP contribution in [0, 0.1) is 5.92 Å². The maximum Gasteiger partial charge on any atom is 0.399 e. The number of carbonyl (C=O) groups excluding carboxylic acids is 4. The summed E-state index contributed by atoms with van der Waals surface area (Å²) in [6, 6.07) is 11.9. The average Bonchev–Trinajstić information content (AvgIpc) is 3.84. The SMILES string of the molecule is C[C@@H](Cc1ccccc1)C(=O)N1CC[C@H]2CC[C@@H](C(=O)N3CCCC3)N2C(=O)[C@@H](NC(=O)c2cc3cc(C(F)(F)P(=O)(O)O)ccc3s2)C1. The normalized spacial score (nSPS) is 22.5. The molecule has 49 heavy (non-hydrogen) atoms. The zero-order chi connectivity index (χ0) is 35.1. The summed E-state index contributed by atoms with van der Waals surface area (Å²) in [6.45, 7) is 3.33. The van der Waals surface area contributed by atoms with Gasteiger partial charge in [0.25, 0.3) is 5.91 Å². The van der Waals surface area contributed by atoms with Gasteiger partial charge in [-0.25, -0.2) is 0 Å². The van der Waals surface area contributed by atoms with Crippen LogP contribution in [0.5, 0.6) is 0 Å². The second-order valence-corrected chi connectivity index (χ2v) is 15.9. The molecular weight excluding hydrogens is 677 g/mol. The van der Waals surface area contributed by atoms with Gasteiger partial charge in [0.05, 0.1) is 4.88 Å². The lowest BCUT2D eigenvalue weighted by Gasteiger charge is -2.40. The van der Waals surface area contributed by atoms with Crippen LogP contribution in [0.2, 0.25) is 0 Å². The van der Waals surface area contributed by atoms with Crippen LogP contribution in [-0.4, -0.2) is 92.4 Å². The molecule has 11 nitrogen and oxygen atoms in total. The monoisotopic (exact) mass is 716 g/mol. The van der Waals surface area contributed by atoms with E-state index in [9.17, 15) is 42.3 Å². The third kappa shape index (κ3) is 7.15. The van der Waals surface area contributed by atoms with Crippen LogP contribution in [0.3, 0.4) is 0 Å². The van der Waals surface area contributed by atoms with Crippen molar-refractivity contribution in [2.24, 2.45) is 5.92 Å². The van der Waals surface area contributed by atoms with Gasteiger partial charge in [-0.3, -0.25) is 23.7 Å². The number of amides is 4. The zero-order valence-electron chi connectivity index (χ0n) is 27.0. The number of nitrogens with zero attached hydrogens (tertiary/aromatic N) is 3. The Balaban J connectivity index is 1.27. The quantitative estimate of drug-likeness (QED) is 0.295. The lowest BCUT2D eigenvalue weighted by Crippen LogP contribution is -2.61. The average molecular weight is 717 g/mol. The standard InChI is InChI=1S/C34H39F2N4O7PS/c1-21(17-22-7-3-2-4-8-22)31(42)39-16-13-25-10-11-27(33(44)38-14-5-6-15-38)40(25)32(43)26(20-39)37-30(41)29-19-23-18-24(9-12-28(23)49-29)34(35,36)48(45,46)47/h2-4,7-9,12,18-19,21,25-27H,5-6,10-11,13-17,20H2,1H3,(H,37,41)(H2,45,46,47)/t21-,25+,26-,27-/m0/s1. The number of benzene rings is 2. The number of carbonyl (C=O) groups is 4.